The Labute approximate surface area is 166 Å². The molecule has 29 heavy (non-hydrogen) atoms. The number of rotatable bonds is 7. The Morgan fingerprint density at radius 3 is 2.62 bits per heavy atom. The zero-order valence-corrected chi connectivity index (χ0v) is 16.4. The van der Waals surface area contributed by atoms with Crippen molar-refractivity contribution in [1.29, 1.82) is 0 Å². The maximum Gasteiger partial charge on any atom is 0.326 e. The molecule has 152 valence electrons. The molecule has 0 aliphatic carbocycles. The third kappa shape index (κ3) is 4.10. The average molecular weight is 398 g/mol. The van der Waals surface area contributed by atoms with Crippen molar-refractivity contribution < 1.29 is 19.1 Å². The van der Waals surface area contributed by atoms with Crippen LogP contribution in [-0.4, -0.2) is 43.7 Å². The standard InChI is InChI=1S/C19H22N6O4/c1-4-25-15(8-11(3)23-25)18(28)22-19-21-13-9-12(17(20)27)6-7-14(13)24(19)10-16(26)29-5-2/h6-9H,4-5,10H2,1-3H3,(H2,20,27)(H,21,22,28). The van der Waals surface area contributed by atoms with Crippen LogP contribution < -0.4 is 11.1 Å². The van der Waals surface area contributed by atoms with Crippen LogP contribution in [0.3, 0.4) is 0 Å². The van der Waals surface area contributed by atoms with E-state index in [9.17, 15) is 14.4 Å². The molecule has 0 fully saturated rings. The molecule has 1 aromatic carbocycles. The van der Waals surface area contributed by atoms with Crippen molar-refractivity contribution >= 4 is 34.8 Å². The first-order chi connectivity index (χ1) is 13.8. The van der Waals surface area contributed by atoms with Crippen LogP contribution >= 0.6 is 0 Å². The number of ether oxygens (including phenoxy) is 1. The number of primary amides is 1. The number of carbonyl (C=O) groups is 3. The monoisotopic (exact) mass is 398 g/mol. The molecule has 0 aliphatic heterocycles. The third-order valence-corrected chi connectivity index (χ3v) is 4.28. The van der Waals surface area contributed by atoms with Gasteiger partial charge in [-0.2, -0.15) is 5.10 Å². The van der Waals surface area contributed by atoms with E-state index in [1.54, 1.807) is 30.7 Å². The van der Waals surface area contributed by atoms with Gasteiger partial charge in [0.1, 0.15) is 12.2 Å². The number of esters is 1. The van der Waals surface area contributed by atoms with E-state index < -0.39 is 17.8 Å². The van der Waals surface area contributed by atoms with Gasteiger partial charge in [-0.1, -0.05) is 0 Å². The number of imidazole rings is 1. The molecule has 3 aromatic rings. The molecule has 0 spiro atoms. The topological polar surface area (TPSA) is 134 Å². The summed E-state index contributed by atoms with van der Waals surface area (Å²) >= 11 is 0. The van der Waals surface area contributed by atoms with Gasteiger partial charge in [-0.3, -0.25) is 28.9 Å². The summed E-state index contributed by atoms with van der Waals surface area (Å²) in [6.45, 7) is 5.99. The molecular weight excluding hydrogens is 376 g/mol. The van der Waals surface area contributed by atoms with Gasteiger partial charge in [0, 0.05) is 12.1 Å². The number of anilines is 1. The zero-order chi connectivity index (χ0) is 21.1. The van der Waals surface area contributed by atoms with E-state index in [0.29, 0.717) is 29.0 Å². The fourth-order valence-electron chi connectivity index (χ4n) is 3.01. The molecule has 0 saturated carbocycles. The van der Waals surface area contributed by atoms with Crippen molar-refractivity contribution in [3.8, 4) is 0 Å². The number of nitrogens with one attached hydrogen (secondary N) is 1. The highest BCUT2D eigenvalue weighted by Gasteiger charge is 2.20. The van der Waals surface area contributed by atoms with E-state index in [1.165, 1.54) is 16.7 Å². The zero-order valence-electron chi connectivity index (χ0n) is 16.4. The lowest BCUT2D eigenvalue weighted by molar-refractivity contribution is -0.143. The molecule has 0 atom stereocenters. The number of aromatic nitrogens is 4. The first-order valence-corrected chi connectivity index (χ1v) is 9.15. The second-order valence-electron chi connectivity index (χ2n) is 6.34. The highest BCUT2D eigenvalue weighted by molar-refractivity contribution is 6.03. The number of carbonyl (C=O) groups excluding carboxylic acids is 3. The molecule has 2 aromatic heterocycles. The predicted molar refractivity (Wildman–Crippen MR) is 105 cm³/mol. The quantitative estimate of drug-likeness (QED) is 0.579. The van der Waals surface area contributed by atoms with Gasteiger partial charge in [0.05, 0.1) is 23.3 Å². The first kappa shape index (κ1) is 20.1. The van der Waals surface area contributed by atoms with Crippen LogP contribution in [-0.2, 0) is 22.6 Å². The minimum absolute atomic E-state index is 0.151. The van der Waals surface area contributed by atoms with Crippen molar-refractivity contribution in [1.82, 2.24) is 19.3 Å². The maximum atomic E-state index is 12.8. The van der Waals surface area contributed by atoms with Gasteiger partial charge in [0.2, 0.25) is 11.9 Å². The van der Waals surface area contributed by atoms with Crippen LogP contribution in [0, 0.1) is 6.92 Å². The first-order valence-electron chi connectivity index (χ1n) is 9.15. The maximum absolute atomic E-state index is 12.8. The van der Waals surface area contributed by atoms with Crippen LogP contribution in [0.5, 0.6) is 0 Å². The lowest BCUT2D eigenvalue weighted by Crippen LogP contribution is -2.21. The number of hydrogen-bond acceptors (Lipinski definition) is 6. The normalized spacial score (nSPS) is 10.9. The Kier molecular flexibility index (Phi) is 5.62. The Balaban J connectivity index is 2.03. The average Bonchev–Trinajstić information content (AvgIpc) is 3.21. The number of nitrogens with two attached hydrogens (primary N) is 1. The van der Waals surface area contributed by atoms with Crippen LogP contribution in [0.2, 0.25) is 0 Å². The van der Waals surface area contributed by atoms with Crippen molar-refractivity contribution in [3.05, 3.63) is 41.2 Å². The van der Waals surface area contributed by atoms with Crippen LogP contribution in [0.4, 0.5) is 5.95 Å². The van der Waals surface area contributed by atoms with Gasteiger partial charge in [0.25, 0.3) is 5.91 Å². The minimum Gasteiger partial charge on any atom is -0.465 e. The lowest BCUT2D eigenvalue weighted by Gasteiger charge is -2.10. The molecule has 10 nitrogen and oxygen atoms in total. The molecule has 0 unspecified atom stereocenters. The number of fused-ring (bicyclic) bond motifs is 1. The fraction of sp³-hybridized carbons (Fsp3) is 0.316. The summed E-state index contributed by atoms with van der Waals surface area (Å²) in [5, 5.41) is 6.99. The molecule has 10 heteroatoms. The van der Waals surface area contributed by atoms with Crippen LogP contribution in [0.15, 0.2) is 24.3 Å². The summed E-state index contributed by atoms with van der Waals surface area (Å²) in [6, 6.07) is 6.34. The van der Waals surface area contributed by atoms with E-state index in [1.807, 2.05) is 6.92 Å². The van der Waals surface area contributed by atoms with E-state index in [4.69, 9.17) is 10.5 Å². The molecule has 2 amide bonds. The summed E-state index contributed by atoms with van der Waals surface area (Å²) in [6.07, 6.45) is 0. The molecule has 2 heterocycles. The fourth-order valence-corrected chi connectivity index (χ4v) is 3.01. The van der Waals surface area contributed by atoms with Gasteiger partial charge < -0.3 is 10.5 Å². The summed E-state index contributed by atoms with van der Waals surface area (Å²) in [5.74, 6) is -1.33. The summed E-state index contributed by atoms with van der Waals surface area (Å²) < 4.78 is 8.12. The molecule has 0 radical (unpaired) electrons. The van der Waals surface area contributed by atoms with Crippen molar-refractivity contribution in [3.63, 3.8) is 0 Å². The molecule has 0 bridgehead atoms. The molecule has 0 saturated heterocycles. The molecule has 0 aliphatic rings. The Hall–Kier alpha value is -3.69. The van der Waals surface area contributed by atoms with E-state index in [0.717, 1.165) is 0 Å². The predicted octanol–water partition coefficient (Wildman–Crippen LogP) is 1.48. The number of benzene rings is 1. The third-order valence-electron chi connectivity index (χ3n) is 4.28. The Morgan fingerprint density at radius 1 is 1.21 bits per heavy atom. The highest BCUT2D eigenvalue weighted by atomic mass is 16.5. The minimum atomic E-state index is -0.597. The van der Waals surface area contributed by atoms with Crippen LogP contribution in [0.1, 0.15) is 40.4 Å². The highest BCUT2D eigenvalue weighted by Crippen LogP contribution is 2.22. The SMILES string of the molecule is CCOC(=O)Cn1c(NC(=O)c2cc(C)nn2CC)nc2cc(C(N)=O)ccc21. The van der Waals surface area contributed by atoms with Gasteiger partial charge in [-0.05, 0) is 45.0 Å². The van der Waals surface area contributed by atoms with E-state index in [2.05, 4.69) is 15.4 Å². The van der Waals surface area contributed by atoms with Crippen LogP contribution in [0.25, 0.3) is 11.0 Å². The molecular formula is C19H22N6O4. The smallest absolute Gasteiger partial charge is 0.326 e. The largest absolute Gasteiger partial charge is 0.465 e. The Morgan fingerprint density at radius 2 is 1.97 bits per heavy atom. The number of nitrogens with zero attached hydrogens (tertiary/aromatic N) is 4. The second kappa shape index (κ2) is 8.13. The van der Waals surface area contributed by atoms with Crippen molar-refractivity contribution in [2.24, 2.45) is 5.73 Å². The van der Waals surface area contributed by atoms with Gasteiger partial charge >= 0.3 is 5.97 Å². The van der Waals surface area contributed by atoms with E-state index in [-0.39, 0.29) is 24.7 Å². The van der Waals surface area contributed by atoms with E-state index >= 15 is 0 Å². The van der Waals surface area contributed by atoms with Crippen molar-refractivity contribution in [2.45, 2.75) is 33.9 Å². The number of hydrogen-bond donors (Lipinski definition) is 2. The summed E-state index contributed by atoms with van der Waals surface area (Å²) in [4.78, 5) is 40.7. The summed E-state index contributed by atoms with van der Waals surface area (Å²) in [7, 11) is 0. The van der Waals surface area contributed by atoms with Gasteiger partial charge in [0.15, 0.2) is 0 Å². The Bertz CT molecular complexity index is 1100. The van der Waals surface area contributed by atoms with Gasteiger partial charge in [-0.15, -0.1) is 0 Å². The number of aryl methyl sites for hydroxylation is 2. The molecule has 3 N–H and O–H groups in total. The summed E-state index contributed by atoms with van der Waals surface area (Å²) in [5.41, 5.74) is 7.66. The number of amides is 2. The second-order valence-corrected chi connectivity index (χ2v) is 6.34. The molecule has 3 rings (SSSR count). The lowest BCUT2D eigenvalue weighted by atomic mass is 10.2. The van der Waals surface area contributed by atoms with Gasteiger partial charge in [-0.25, -0.2) is 4.98 Å². The van der Waals surface area contributed by atoms with Crippen molar-refractivity contribution in [2.75, 3.05) is 11.9 Å².